The number of likely N-dealkylation sites (tertiary alicyclic amines) is 1. The van der Waals surface area contributed by atoms with Crippen LogP contribution in [0, 0.1) is 12.8 Å². The average Bonchev–Trinajstić information content (AvgIpc) is 2.46. The SMILES string of the molecule is Cc1cccc(NC(=O)C(=O)N2CCCC(C(C)O)C2)c1. The standard InChI is InChI=1S/C16H22N2O3/c1-11-5-3-7-14(9-11)17-15(20)16(21)18-8-4-6-13(10-18)12(2)19/h3,5,7,9,12-13,19H,4,6,8,10H2,1-2H3,(H,17,20). The minimum absolute atomic E-state index is 0.0504. The first-order valence-electron chi connectivity index (χ1n) is 7.32. The van der Waals surface area contributed by atoms with E-state index in [1.54, 1.807) is 13.0 Å². The van der Waals surface area contributed by atoms with E-state index in [2.05, 4.69) is 5.32 Å². The Morgan fingerprint density at radius 1 is 1.43 bits per heavy atom. The van der Waals surface area contributed by atoms with Gasteiger partial charge in [-0.25, -0.2) is 0 Å². The Morgan fingerprint density at radius 3 is 2.86 bits per heavy atom. The number of aryl methyl sites for hydroxylation is 1. The van der Waals surface area contributed by atoms with Gasteiger partial charge >= 0.3 is 11.8 Å². The van der Waals surface area contributed by atoms with E-state index in [0.29, 0.717) is 18.8 Å². The number of nitrogens with one attached hydrogen (secondary N) is 1. The Kier molecular flexibility index (Phi) is 4.96. The molecule has 1 heterocycles. The molecule has 1 aromatic carbocycles. The van der Waals surface area contributed by atoms with Crippen LogP contribution in [0.1, 0.15) is 25.3 Å². The van der Waals surface area contributed by atoms with Crippen molar-refractivity contribution < 1.29 is 14.7 Å². The normalized spacial score (nSPS) is 20.0. The minimum Gasteiger partial charge on any atom is -0.393 e. The van der Waals surface area contributed by atoms with Gasteiger partial charge in [-0.1, -0.05) is 12.1 Å². The lowest BCUT2D eigenvalue weighted by molar-refractivity contribution is -0.144. The molecule has 1 saturated heterocycles. The molecule has 1 aromatic rings. The number of carbonyl (C=O) groups excluding carboxylic acids is 2. The van der Waals surface area contributed by atoms with Crippen molar-refractivity contribution in [3.63, 3.8) is 0 Å². The summed E-state index contributed by atoms with van der Waals surface area (Å²) in [5.41, 5.74) is 1.64. The number of carbonyl (C=O) groups is 2. The van der Waals surface area contributed by atoms with Gasteiger partial charge in [0.15, 0.2) is 0 Å². The first-order valence-corrected chi connectivity index (χ1v) is 7.32. The topological polar surface area (TPSA) is 69.6 Å². The summed E-state index contributed by atoms with van der Waals surface area (Å²) < 4.78 is 0. The van der Waals surface area contributed by atoms with E-state index in [1.165, 1.54) is 4.90 Å². The fraction of sp³-hybridized carbons (Fsp3) is 0.500. The predicted octanol–water partition coefficient (Wildman–Crippen LogP) is 1.55. The first-order chi connectivity index (χ1) is 9.97. The van der Waals surface area contributed by atoms with Gasteiger partial charge in [-0.3, -0.25) is 9.59 Å². The summed E-state index contributed by atoms with van der Waals surface area (Å²) in [5, 5.41) is 12.3. The third-order valence-electron chi connectivity index (χ3n) is 3.90. The number of benzene rings is 1. The largest absolute Gasteiger partial charge is 0.393 e. The zero-order chi connectivity index (χ0) is 15.4. The first kappa shape index (κ1) is 15.5. The highest BCUT2D eigenvalue weighted by atomic mass is 16.3. The van der Waals surface area contributed by atoms with Crippen molar-refractivity contribution in [1.82, 2.24) is 4.90 Å². The quantitative estimate of drug-likeness (QED) is 0.812. The highest BCUT2D eigenvalue weighted by Gasteiger charge is 2.29. The number of anilines is 1. The van der Waals surface area contributed by atoms with Crippen molar-refractivity contribution in [1.29, 1.82) is 0 Å². The van der Waals surface area contributed by atoms with E-state index in [-0.39, 0.29) is 5.92 Å². The van der Waals surface area contributed by atoms with E-state index in [4.69, 9.17) is 0 Å². The average molecular weight is 290 g/mol. The number of hydrogen-bond acceptors (Lipinski definition) is 3. The molecule has 0 radical (unpaired) electrons. The summed E-state index contributed by atoms with van der Waals surface area (Å²) in [5.74, 6) is -1.09. The summed E-state index contributed by atoms with van der Waals surface area (Å²) in [4.78, 5) is 25.8. The second kappa shape index (κ2) is 6.72. The van der Waals surface area contributed by atoms with Crippen LogP contribution < -0.4 is 5.32 Å². The van der Waals surface area contributed by atoms with Gasteiger partial charge in [0.25, 0.3) is 0 Å². The van der Waals surface area contributed by atoms with Crippen LogP contribution >= 0.6 is 0 Å². The Hall–Kier alpha value is -1.88. The molecule has 1 fully saturated rings. The lowest BCUT2D eigenvalue weighted by atomic mass is 9.93. The molecule has 2 rings (SSSR count). The Balaban J connectivity index is 1.97. The third kappa shape index (κ3) is 4.04. The van der Waals surface area contributed by atoms with Gasteiger partial charge in [-0.05, 0) is 44.4 Å². The van der Waals surface area contributed by atoms with Gasteiger partial charge in [0.1, 0.15) is 0 Å². The summed E-state index contributed by atoms with van der Waals surface area (Å²) in [6.07, 6.45) is 1.25. The number of amides is 2. The van der Waals surface area contributed by atoms with Crippen LogP contribution in [-0.2, 0) is 9.59 Å². The molecule has 0 bridgehead atoms. The van der Waals surface area contributed by atoms with Gasteiger partial charge in [-0.15, -0.1) is 0 Å². The molecule has 1 aliphatic rings. The van der Waals surface area contributed by atoms with Crippen LogP contribution in [0.2, 0.25) is 0 Å². The molecule has 0 aliphatic carbocycles. The maximum absolute atomic E-state index is 12.2. The number of aliphatic hydroxyl groups excluding tert-OH is 1. The highest BCUT2D eigenvalue weighted by molar-refractivity contribution is 6.39. The maximum atomic E-state index is 12.2. The van der Waals surface area contributed by atoms with E-state index in [0.717, 1.165) is 18.4 Å². The molecule has 0 saturated carbocycles. The Labute approximate surface area is 125 Å². The van der Waals surface area contributed by atoms with Crippen LogP contribution in [0.4, 0.5) is 5.69 Å². The number of aliphatic hydroxyl groups is 1. The monoisotopic (exact) mass is 290 g/mol. The molecular formula is C16H22N2O3. The van der Waals surface area contributed by atoms with Crippen LogP contribution in [0.5, 0.6) is 0 Å². The van der Waals surface area contributed by atoms with Crippen LogP contribution in [0.15, 0.2) is 24.3 Å². The summed E-state index contributed by atoms with van der Waals surface area (Å²) >= 11 is 0. The Morgan fingerprint density at radius 2 is 2.19 bits per heavy atom. The van der Waals surface area contributed by atoms with E-state index >= 15 is 0 Å². The number of nitrogens with zero attached hydrogens (tertiary/aromatic N) is 1. The van der Waals surface area contributed by atoms with Gasteiger partial charge in [0.2, 0.25) is 0 Å². The number of hydrogen-bond donors (Lipinski definition) is 2. The Bertz CT molecular complexity index is 528. The summed E-state index contributed by atoms with van der Waals surface area (Å²) in [6, 6.07) is 7.34. The van der Waals surface area contributed by atoms with Gasteiger partial charge in [-0.2, -0.15) is 0 Å². The molecule has 2 amide bonds. The maximum Gasteiger partial charge on any atom is 0.313 e. The predicted molar refractivity (Wildman–Crippen MR) is 80.8 cm³/mol. The molecule has 2 atom stereocenters. The van der Waals surface area contributed by atoms with Crippen LogP contribution in [0.25, 0.3) is 0 Å². The van der Waals surface area contributed by atoms with Crippen LogP contribution in [0.3, 0.4) is 0 Å². The molecule has 21 heavy (non-hydrogen) atoms. The van der Waals surface area contributed by atoms with Gasteiger partial charge < -0.3 is 15.3 Å². The molecule has 0 aromatic heterocycles. The van der Waals surface area contributed by atoms with Crippen molar-refractivity contribution in [2.45, 2.75) is 32.8 Å². The molecule has 1 aliphatic heterocycles. The third-order valence-corrected chi connectivity index (χ3v) is 3.90. The van der Waals surface area contributed by atoms with Crippen molar-refractivity contribution in [3.8, 4) is 0 Å². The zero-order valence-electron chi connectivity index (χ0n) is 12.5. The highest BCUT2D eigenvalue weighted by Crippen LogP contribution is 2.20. The molecular weight excluding hydrogens is 268 g/mol. The minimum atomic E-state index is -0.619. The van der Waals surface area contributed by atoms with Crippen LogP contribution in [-0.4, -0.2) is 41.0 Å². The number of piperidine rings is 1. The second-order valence-electron chi connectivity index (χ2n) is 5.72. The molecule has 2 unspecified atom stereocenters. The molecule has 5 heteroatoms. The van der Waals surface area contributed by atoms with E-state index in [1.807, 2.05) is 25.1 Å². The smallest absolute Gasteiger partial charge is 0.313 e. The second-order valence-corrected chi connectivity index (χ2v) is 5.72. The fourth-order valence-corrected chi connectivity index (χ4v) is 2.64. The molecule has 0 spiro atoms. The molecule has 5 nitrogen and oxygen atoms in total. The summed E-state index contributed by atoms with van der Waals surface area (Å²) in [7, 11) is 0. The van der Waals surface area contributed by atoms with Crippen molar-refractivity contribution in [2.75, 3.05) is 18.4 Å². The fourth-order valence-electron chi connectivity index (χ4n) is 2.64. The van der Waals surface area contributed by atoms with Crippen molar-refractivity contribution >= 4 is 17.5 Å². The van der Waals surface area contributed by atoms with E-state index in [9.17, 15) is 14.7 Å². The number of rotatable bonds is 2. The lowest BCUT2D eigenvalue weighted by Crippen LogP contribution is -2.47. The van der Waals surface area contributed by atoms with Gasteiger partial charge in [0, 0.05) is 24.7 Å². The van der Waals surface area contributed by atoms with Crippen molar-refractivity contribution in [2.24, 2.45) is 5.92 Å². The lowest BCUT2D eigenvalue weighted by Gasteiger charge is -2.33. The molecule has 2 N–H and O–H groups in total. The zero-order valence-corrected chi connectivity index (χ0v) is 12.5. The molecule has 114 valence electrons. The van der Waals surface area contributed by atoms with Crippen molar-refractivity contribution in [3.05, 3.63) is 29.8 Å². The van der Waals surface area contributed by atoms with E-state index < -0.39 is 17.9 Å². The van der Waals surface area contributed by atoms with Gasteiger partial charge in [0.05, 0.1) is 6.10 Å². The summed E-state index contributed by atoms with van der Waals surface area (Å²) in [6.45, 7) is 4.67.